The van der Waals surface area contributed by atoms with E-state index in [-0.39, 0.29) is 11.9 Å². The van der Waals surface area contributed by atoms with E-state index < -0.39 is 0 Å². The van der Waals surface area contributed by atoms with Crippen LogP contribution in [0.4, 0.5) is 4.39 Å². The third-order valence-corrected chi connectivity index (χ3v) is 4.66. The van der Waals surface area contributed by atoms with Crippen LogP contribution in [0.1, 0.15) is 17.2 Å². The highest BCUT2D eigenvalue weighted by molar-refractivity contribution is 14.1. The van der Waals surface area contributed by atoms with Crippen molar-refractivity contribution >= 4 is 49.9 Å². The standard InChI is InChI=1S/C11H9BrFIN2S/c12-7-1-2-9(13)8(4-7)11(16-15)6-3-10(14)17-5-6/h1-5,11,16H,15H2. The van der Waals surface area contributed by atoms with Gasteiger partial charge in [-0.05, 0) is 57.8 Å². The lowest BCUT2D eigenvalue weighted by Gasteiger charge is -2.16. The Morgan fingerprint density at radius 2 is 2.18 bits per heavy atom. The van der Waals surface area contributed by atoms with Crippen LogP contribution < -0.4 is 11.3 Å². The molecule has 0 saturated heterocycles. The third-order valence-electron chi connectivity index (χ3n) is 2.36. The summed E-state index contributed by atoms with van der Waals surface area (Å²) in [5, 5.41) is 1.98. The van der Waals surface area contributed by atoms with E-state index >= 15 is 0 Å². The molecule has 1 aromatic carbocycles. The summed E-state index contributed by atoms with van der Waals surface area (Å²) in [6, 6.07) is 6.51. The summed E-state index contributed by atoms with van der Waals surface area (Å²) in [4.78, 5) is 0. The van der Waals surface area contributed by atoms with Gasteiger partial charge in [-0.2, -0.15) is 0 Å². The van der Waals surface area contributed by atoms with E-state index in [0.717, 1.165) is 12.9 Å². The van der Waals surface area contributed by atoms with Crippen LogP contribution in [0.15, 0.2) is 34.1 Å². The molecule has 0 aliphatic rings. The van der Waals surface area contributed by atoms with Gasteiger partial charge in [-0.3, -0.25) is 5.84 Å². The monoisotopic (exact) mass is 426 g/mol. The van der Waals surface area contributed by atoms with E-state index in [4.69, 9.17) is 5.84 Å². The van der Waals surface area contributed by atoms with Gasteiger partial charge in [0.25, 0.3) is 0 Å². The molecule has 0 radical (unpaired) electrons. The molecule has 1 unspecified atom stereocenters. The first kappa shape index (κ1) is 13.4. The molecule has 1 atom stereocenters. The van der Waals surface area contributed by atoms with Gasteiger partial charge >= 0.3 is 0 Å². The summed E-state index contributed by atoms with van der Waals surface area (Å²) in [7, 11) is 0. The number of nitrogens with two attached hydrogens (primary N) is 1. The van der Waals surface area contributed by atoms with E-state index in [2.05, 4.69) is 43.9 Å². The molecular weight excluding hydrogens is 418 g/mol. The molecule has 2 aromatic rings. The zero-order valence-corrected chi connectivity index (χ0v) is 13.1. The molecule has 0 saturated carbocycles. The van der Waals surface area contributed by atoms with Crippen molar-refractivity contribution in [1.82, 2.24) is 5.43 Å². The second-order valence-electron chi connectivity index (χ2n) is 3.45. The van der Waals surface area contributed by atoms with Crippen molar-refractivity contribution in [2.24, 2.45) is 5.84 Å². The molecule has 0 aliphatic heterocycles. The normalized spacial score (nSPS) is 12.7. The topological polar surface area (TPSA) is 38.0 Å². The van der Waals surface area contributed by atoms with Gasteiger partial charge in [0.05, 0.1) is 8.93 Å². The molecule has 0 fully saturated rings. The molecule has 0 aliphatic carbocycles. The number of halogens is 3. The molecule has 17 heavy (non-hydrogen) atoms. The molecule has 3 N–H and O–H groups in total. The Labute approximate surface area is 125 Å². The lowest BCUT2D eigenvalue weighted by molar-refractivity contribution is 0.560. The van der Waals surface area contributed by atoms with Crippen LogP contribution in [0.5, 0.6) is 0 Å². The van der Waals surface area contributed by atoms with Crippen LogP contribution in [0.2, 0.25) is 0 Å². The molecular formula is C11H9BrFIN2S. The van der Waals surface area contributed by atoms with E-state index in [1.54, 1.807) is 23.5 Å². The molecule has 2 nitrogen and oxygen atoms in total. The smallest absolute Gasteiger partial charge is 0.128 e. The van der Waals surface area contributed by atoms with Crippen LogP contribution in [-0.4, -0.2) is 0 Å². The van der Waals surface area contributed by atoms with Crippen molar-refractivity contribution in [3.8, 4) is 0 Å². The first-order valence-corrected chi connectivity index (χ1v) is 7.52. The fraction of sp³-hybridized carbons (Fsp3) is 0.0909. The Balaban J connectivity index is 2.45. The first-order valence-electron chi connectivity index (χ1n) is 4.77. The van der Waals surface area contributed by atoms with Crippen molar-refractivity contribution in [2.45, 2.75) is 6.04 Å². The highest BCUT2D eigenvalue weighted by Crippen LogP contribution is 2.29. The number of hydrogen-bond donors (Lipinski definition) is 2. The summed E-state index contributed by atoms with van der Waals surface area (Å²) < 4.78 is 15.8. The Hall–Kier alpha value is -0.0200. The third kappa shape index (κ3) is 3.05. The van der Waals surface area contributed by atoms with Gasteiger partial charge in [0.2, 0.25) is 0 Å². The lowest BCUT2D eigenvalue weighted by Crippen LogP contribution is -2.29. The fourth-order valence-corrected chi connectivity index (χ4v) is 3.35. The predicted octanol–water partition coefficient (Wildman–Crippen LogP) is 3.81. The maximum absolute atomic E-state index is 13.8. The van der Waals surface area contributed by atoms with Gasteiger partial charge in [0.1, 0.15) is 5.82 Å². The van der Waals surface area contributed by atoms with Crippen molar-refractivity contribution in [3.05, 3.63) is 53.9 Å². The van der Waals surface area contributed by atoms with Gasteiger partial charge in [-0.15, -0.1) is 11.3 Å². The van der Waals surface area contributed by atoms with Gasteiger partial charge in [-0.1, -0.05) is 15.9 Å². The number of nitrogens with one attached hydrogen (secondary N) is 1. The first-order chi connectivity index (χ1) is 8.11. The van der Waals surface area contributed by atoms with E-state index in [9.17, 15) is 4.39 Å². The molecule has 0 spiro atoms. The van der Waals surface area contributed by atoms with Crippen LogP contribution in [-0.2, 0) is 0 Å². The minimum Gasteiger partial charge on any atom is -0.271 e. The van der Waals surface area contributed by atoms with Crippen LogP contribution in [0.3, 0.4) is 0 Å². The summed E-state index contributed by atoms with van der Waals surface area (Å²) in [5.41, 5.74) is 4.17. The Bertz CT molecular complexity index is 532. The molecule has 1 aromatic heterocycles. The predicted molar refractivity (Wildman–Crippen MR) is 80.3 cm³/mol. The fourth-order valence-electron chi connectivity index (χ4n) is 1.58. The number of benzene rings is 1. The molecule has 0 amide bonds. The highest BCUT2D eigenvalue weighted by atomic mass is 127. The highest BCUT2D eigenvalue weighted by Gasteiger charge is 2.18. The summed E-state index contributed by atoms with van der Waals surface area (Å²) in [6.45, 7) is 0. The van der Waals surface area contributed by atoms with Gasteiger partial charge < -0.3 is 0 Å². The largest absolute Gasteiger partial charge is 0.271 e. The number of thiophene rings is 1. The van der Waals surface area contributed by atoms with Crippen LogP contribution >= 0.6 is 49.9 Å². The summed E-state index contributed by atoms with van der Waals surface area (Å²) >= 11 is 7.18. The molecule has 0 bridgehead atoms. The van der Waals surface area contributed by atoms with Crippen molar-refractivity contribution in [2.75, 3.05) is 0 Å². The van der Waals surface area contributed by atoms with E-state index in [0.29, 0.717) is 5.56 Å². The zero-order chi connectivity index (χ0) is 12.4. The zero-order valence-electron chi connectivity index (χ0n) is 8.58. The Morgan fingerprint density at radius 3 is 2.76 bits per heavy atom. The Kier molecular flexibility index (Phi) is 4.53. The second-order valence-corrected chi connectivity index (χ2v) is 7.17. The molecule has 90 valence electrons. The average molecular weight is 427 g/mol. The number of hydrazine groups is 1. The van der Waals surface area contributed by atoms with Crippen LogP contribution in [0.25, 0.3) is 0 Å². The Morgan fingerprint density at radius 1 is 1.41 bits per heavy atom. The molecule has 6 heteroatoms. The molecule has 1 heterocycles. The van der Waals surface area contributed by atoms with Crippen LogP contribution in [0, 0.1) is 8.70 Å². The van der Waals surface area contributed by atoms with Gasteiger partial charge in [0.15, 0.2) is 0 Å². The van der Waals surface area contributed by atoms with Gasteiger partial charge in [-0.25, -0.2) is 9.82 Å². The summed E-state index contributed by atoms with van der Waals surface area (Å²) in [5.74, 6) is 5.27. The van der Waals surface area contributed by atoms with Crippen molar-refractivity contribution in [1.29, 1.82) is 0 Å². The average Bonchev–Trinajstić information content (AvgIpc) is 2.71. The maximum Gasteiger partial charge on any atom is 0.128 e. The minimum absolute atomic E-state index is 0.266. The summed E-state index contributed by atoms with van der Waals surface area (Å²) in [6.07, 6.45) is 0. The maximum atomic E-state index is 13.8. The number of rotatable bonds is 3. The van der Waals surface area contributed by atoms with E-state index in [1.807, 2.05) is 11.4 Å². The SMILES string of the molecule is NNC(c1csc(I)c1)c1cc(Br)ccc1F. The minimum atomic E-state index is -0.327. The van der Waals surface area contributed by atoms with Gasteiger partial charge in [0, 0.05) is 10.0 Å². The lowest BCUT2D eigenvalue weighted by atomic mass is 10.0. The second kappa shape index (κ2) is 5.75. The molecule has 2 rings (SSSR count). The van der Waals surface area contributed by atoms with Crippen molar-refractivity contribution < 1.29 is 4.39 Å². The quantitative estimate of drug-likeness (QED) is 0.445. The number of hydrogen-bond acceptors (Lipinski definition) is 3. The van der Waals surface area contributed by atoms with Crippen molar-refractivity contribution in [3.63, 3.8) is 0 Å². The van der Waals surface area contributed by atoms with E-state index in [1.165, 1.54) is 6.07 Å².